The molecule has 86 valence electrons. The first-order valence-corrected chi connectivity index (χ1v) is 5.52. The molecule has 4 heteroatoms. The van der Waals surface area contributed by atoms with E-state index in [1.807, 2.05) is 22.8 Å². The molecule has 0 amide bonds. The Labute approximate surface area is 95.5 Å². The average Bonchev–Trinajstić information content (AvgIpc) is 2.58. The Morgan fingerprint density at radius 1 is 1.44 bits per heavy atom. The molecule has 0 fully saturated rings. The molecule has 0 aliphatic rings. The van der Waals surface area contributed by atoms with Gasteiger partial charge in [-0.1, -0.05) is 13.8 Å². The average molecular weight is 218 g/mol. The molecule has 2 aromatic rings. The number of hydrogen-bond donors (Lipinski definition) is 1. The fraction of sp³-hybridized carbons (Fsp3) is 0.500. The highest BCUT2D eigenvalue weighted by Gasteiger charge is 2.19. The van der Waals surface area contributed by atoms with E-state index >= 15 is 0 Å². The minimum Gasteiger partial charge on any atom is -0.330 e. The van der Waals surface area contributed by atoms with Gasteiger partial charge >= 0.3 is 0 Å². The number of aryl methyl sites for hydroxylation is 1. The lowest BCUT2D eigenvalue weighted by molar-refractivity contribution is 0.368. The maximum Gasteiger partial charge on any atom is 0.155 e. The van der Waals surface area contributed by atoms with Crippen molar-refractivity contribution in [2.45, 2.75) is 27.2 Å². The van der Waals surface area contributed by atoms with E-state index in [-0.39, 0.29) is 5.41 Å². The zero-order valence-electron chi connectivity index (χ0n) is 10.1. The molecule has 2 heterocycles. The second kappa shape index (κ2) is 3.87. The summed E-state index contributed by atoms with van der Waals surface area (Å²) in [4.78, 5) is 4.50. The first-order chi connectivity index (χ1) is 7.50. The molecule has 0 aliphatic heterocycles. The molecule has 0 bridgehead atoms. The van der Waals surface area contributed by atoms with Gasteiger partial charge in [0.15, 0.2) is 11.5 Å². The van der Waals surface area contributed by atoms with E-state index < -0.39 is 0 Å². The van der Waals surface area contributed by atoms with E-state index in [0.717, 1.165) is 17.9 Å². The molecule has 0 saturated carbocycles. The van der Waals surface area contributed by atoms with Gasteiger partial charge in [0.2, 0.25) is 0 Å². The fourth-order valence-corrected chi connectivity index (χ4v) is 1.60. The van der Waals surface area contributed by atoms with Crippen LogP contribution in [0.2, 0.25) is 0 Å². The van der Waals surface area contributed by atoms with Crippen LogP contribution in [0.15, 0.2) is 18.3 Å². The Kier molecular flexibility index (Phi) is 2.68. The third kappa shape index (κ3) is 2.22. The second-order valence-electron chi connectivity index (χ2n) is 5.08. The van der Waals surface area contributed by atoms with Crippen LogP contribution in [0, 0.1) is 12.3 Å². The quantitative estimate of drug-likeness (QED) is 0.850. The lowest BCUT2D eigenvalue weighted by atomic mass is 9.89. The molecule has 0 aliphatic carbocycles. The molecule has 0 spiro atoms. The van der Waals surface area contributed by atoms with Crippen LogP contribution in [0.1, 0.15) is 25.2 Å². The first-order valence-electron chi connectivity index (χ1n) is 5.52. The van der Waals surface area contributed by atoms with Gasteiger partial charge in [0.05, 0.1) is 0 Å². The van der Waals surface area contributed by atoms with E-state index in [9.17, 15) is 0 Å². The fourth-order valence-electron chi connectivity index (χ4n) is 1.60. The molecule has 2 N–H and O–H groups in total. The molecular formula is C12H18N4. The Morgan fingerprint density at radius 3 is 2.88 bits per heavy atom. The number of hydrogen-bond acceptors (Lipinski definition) is 3. The molecule has 2 rings (SSSR count). The first kappa shape index (κ1) is 11.1. The maximum absolute atomic E-state index is 5.71. The predicted octanol–water partition coefficient (Wildman–Crippen LogP) is 1.57. The van der Waals surface area contributed by atoms with Crippen molar-refractivity contribution in [3.8, 4) is 0 Å². The van der Waals surface area contributed by atoms with Gasteiger partial charge in [-0.05, 0) is 36.6 Å². The van der Waals surface area contributed by atoms with Crippen LogP contribution in [0.25, 0.3) is 5.65 Å². The molecule has 0 saturated heterocycles. The van der Waals surface area contributed by atoms with Gasteiger partial charge in [-0.25, -0.2) is 9.50 Å². The van der Waals surface area contributed by atoms with E-state index in [1.54, 1.807) is 0 Å². The third-order valence-corrected chi connectivity index (χ3v) is 2.73. The molecule has 2 aromatic heterocycles. The van der Waals surface area contributed by atoms with Crippen molar-refractivity contribution >= 4 is 5.65 Å². The van der Waals surface area contributed by atoms with Gasteiger partial charge in [-0.15, -0.1) is 0 Å². The lowest BCUT2D eigenvalue weighted by Crippen LogP contribution is -2.26. The van der Waals surface area contributed by atoms with Gasteiger partial charge in [-0.2, -0.15) is 5.10 Å². The van der Waals surface area contributed by atoms with Crippen molar-refractivity contribution in [2.24, 2.45) is 11.1 Å². The summed E-state index contributed by atoms with van der Waals surface area (Å²) < 4.78 is 1.81. The van der Waals surface area contributed by atoms with E-state index in [1.165, 1.54) is 5.56 Å². The number of aromatic nitrogens is 3. The zero-order chi connectivity index (χ0) is 11.8. The molecule has 16 heavy (non-hydrogen) atoms. The second-order valence-corrected chi connectivity index (χ2v) is 5.08. The lowest BCUT2D eigenvalue weighted by Gasteiger charge is -2.19. The minimum absolute atomic E-state index is 0.0555. The van der Waals surface area contributed by atoms with Crippen LogP contribution in [-0.4, -0.2) is 21.1 Å². The highest BCUT2D eigenvalue weighted by atomic mass is 15.3. The molecule has 0 unspecified atom stereocenters. The Balaban J connectivity index is 2.33. The summed E-state index contributed by atoms with van der Waals surface area (Å²) in [6.45, 7) is 6.95. The summed E-state index contributed by atoms with van der Waals surface area (Å²) in [5.41, 5.74) is 7.87. The van der Waals surface area contributed by atoms with Gasteiger partial charge in [0.1, 0.15) is 0 Å². The predicted molar refractivity (Wildman–Crippen MR) is 64.3 cm³/mol. The van der Waals surface area contributed by atoms with Crippen LogP contribution in [-0.2, 0) is 6.42 Å². The molecule has 0 aromatic carbocycles. The van der Waals surface area contributed by atoms with E-state index in [4.69, 9.17) is 5.73 Å². The van der Waals surface area contributed by atoms with Crippen molar-refractivity contribution < 1.29 is 0 Å². The monoisotopic (exact) mass is 218 g/mol. The standard InChI is InChI=1S/C12H18N4/c1-9-4-5-16-11(6-9)14-10(15-16)7-12(2,3)8-13/h4-6H,7-8,13H2,1-3H3. The van der Waals surface area contributed by atoms with Crippen LogP contribution in [0.3, 0.4) is 0 Å². The summed E-state index contributed by atoms with van der Waals surface area (Å²) in [5, 5.41) is 4.44. The van der Waals surface area contributed by atoms with E-state index in [0.29, 0.717) is 6.54 Å². The van der Waals surface area contributed by atoms with Crippen molar-refractivity contribution in [2.75, 3.05) is 6.54 Å². The number of nitrogens with two attached hydrogens (primary N) is 1. The summed E-state index contributed by atoms with van der Waals surface area (Å²) in [7, 11) is 0. The molecular weight excluding hydrogens is 200 g/mol. The van der Waals surface area contributed by atoms with Crippen LogP contribution in [0.4, 0.5) is 0 Å². The van der Waals surface area contributed by atoms with Gasteiger partial charge < -0.3 is 5.73 Å². The Hall–Kier alpha value is -1.42. The summed E-state index contributed by atoms with van der Waals surface area (Å²) in [5.74, 6) is 0.862. The van der Waals surface area contributed by atoms with Crippen molar-refractivity contribution in [1.29, 1.82) is 0 Å². The number of pyridine rings is 1. The smallest absolute Gasteiger partial charge is 0.155 e. The highest BCUT2D eigenvalue weighted by molar-refractivity contribution is 5.40. The minimum atomic E-state index is 0.0555. The normalized spacial score (nSPS) is 12.2. The SMILES string of the molecule is Cc1ccn2nc(CC(C)(C)CN)nc2c1. The Bertz CT molecular complexity index is 499. The van der Waals surface area contributed by atoms with Crippen LogP contribution < -0.4 is 5.73 Å². The van der Waals surface area contributed by atoms with Crippen LogP contribution in [0.5, 0.6) is 0 Å². The van der Waals surface area contributed by atoms with Gasteiger partial charge in [-0.3, -0.25) is 0 Å². The number of fused-ring (bicyclic) bond motifs is 1. The zero-order valence-corrected chi connectivity index (χ0v) is 10.1. The molecule has 0 radical (unpaired) electrons. The van der Waals surface area contributed by atoms with Gasteiger partial charge in [0, 0.05) is 12.6 Å². The summed E-state index contributed by atoms with van der Waals surface area (Å²) in [6.07, 6.45) is 2.75. The third-order valence-electron chi connectivity index (χ3n) is 2.73. The summed E-state index contributed by atoms with van der Waals surface area (Å²) in [6, 6.07) is 4.06. The van der Waals surface area contributed by atoms with Crippen LogP contribution >= 0.6 is 0 Å². The summed E-state index contributed by atoms with van der Waals surface area (Å²) >= 11 is 0. The van der Waals surface area contributed by atoms with Crippen molar-refractivity contribution in [3.05, 3.63) is 29.7 Å². The molecule has 0 atom stereocenters. The largest absolute Gasteiger partial charge is 0.330 e. The van der Waals surface area contributed by atoms with Gasteiger partial charge in [0.25, 0.3) is 0 Å². The Morgan fingerprint density at radius 2 is 2.19 bits per heavy atom. The highest BCUT2D eigenvalue weighted by Crippen LogP contribution is 2.18. The number of rotatable bonds is 3. The number of nitrogens with zero attached hydrogens (tertiary/aromatic N) is 3. The maximum atomic E-state index is 5.71. The van der Waals surface area contributed by atoms with Crippen molar-refractivity contribution in [3.63, 3.8) is 0 Å². The topological polar surface area (TPSA) is 56.2 Å². The van der Waals surface area contributed by atoms with Crippen molar-refractivity contribution in [1.82, 2.24) is 14.6 Å². The van der Waals surface area contributed by atoms with E-state index in [2.05, 4.69) is 30.9 Å². The molecule has 4 nitrogen and oxygen atoms in total.